The zero-order valence-corrected chi connectivity index (χ0v) is 15.8. The molecule has 0 atom stereocenters. The van der Waals surface area contributed by atoms with Gasteiger partial charge in [-0.1, -0.05) is 36.9 Å². The lowest BCUT2D eigenvalue weighted by atomic mass is 9.89. The molecule has 1 aliphatic carbocycles. The number of halogens is 2. The standard InChI is InChI=1S/C22H18ClFO4/c23-17-7-4-8-18(24)16(17)12-20-21(25)15-10-9-14(11-19(15)28-20)27-22(26)13-5-2-1-3-6-13/h4,7-13H,1-3,5-6H2. The average molecular weight is 401 g/mol. The molecule has 0 amide bonds. The molecular weight excluding hydrogens is 383 g/mol. The Labute approximate surface area is 166 Å². The largest absolute Gasteiger partial charge is 0.452 e. The molecule has 0 radical (unpaired) electrons. The maximum Gasteiger partial charge on any atom is 0.314 e. The van der Waals surface area contributed by atoms with Crippen LogP contribution in [0.15, 0.2) is 42.2 Å². The highest BCUT2D eigenvalue weighted by molar-refractivity contribution is 6.32. The van der Waals surface area contributed by atoms with Crippen LogP contribution >= 0.6 is 11.6 Å². The minimum atomic E-state index is -0.547. The highest BCUT2D eigenvalue weighted by Crippen LogP contribution is 2.36. The monoisotopic (exact) mass is 400 g/mol. The molecule has 1 fully saturated rings. The van der Waals surface area contributed by atoms with Crippen molar-refractivity contribution in [1.29, 1.82) is 0 Å². The van der Waals surface area contributed by atoms with Crippen molar-refractivity contribution >= 4 is 29.4 Å². The summed E-state index contributed by atoms with van der Waals surface area (Å²) in [5.74, 6) is -0.683. The average Bonchev–Trinajstić information content (AvgIpc) is 3.00. The summed E-state index contributed by atoms with van der Waals surface area (Å²) in [6.07, 6.45) is 6.19. The lowest BCUT2D eigenvalue weighted by Crippen LogP contribution is -2.22. The summed E-state index contributed by atoms with van der Waals surface area (Å²) in [5, 5.41) is 0.182. The molecule has 4 rings (SSSR count). The predicted octanol–water partition coefficient (Wildman–Crippen LogP) is 5.58. The minimum Gasteiger partial charge on any atom is -0.452 e. The molecule has 1 heterocycles. The SMILES string of the molecule is O=C1C(=Cc2c(F)cccc2Cl)Oc2cc(OC(=O)C3CCCCC3)ccc21. The quantitative estimate of drug-likeness (QED) is 0.383. The smallest absolute Gasteiger partial charge is 0.314 e. The number of ether oxygens (including phenoxy) is 2. The number of fused-ring (bicyclic) bond motifs is 1. The van der Waals surface area contributed by atoms with Gasteiger partial charge in [-0.15, -0.1) is 0 Å². The van der Waals surface area contributed by atoms with Gasteiger partial charge in [0.15, 0.2) is 5.76 Å². The van der Waals surface area contributed by atoms with E-state index in [1.807, 2.05) is 0 Å². The van der Waals surface area contributed by atoms with E-state index in [0.29, 0.717) is 11.3 Å². The van der Waals surface area contributed by atoms with Crippen LogP contribution in [0, 0.1) is 11.7 Å². The Morgan fingerprint density at radius 3 is 2.71 bits per heavy atom. The van der Waals surface area contributed by atoms with Gasteiger partial charge in [-0.25, -0.2) is 4.39 Å². The number of carbonyl (C=O) groups is 2. The summed E-state index contributed by atoms with van der Waals surface area (Å²) in [7, 11) is 0. The molecule has 0 unspecified atom stereocenters. The fourth-order valence-corrected chi connectivity index (χ4v) is 3.77. The van der Waals surface area contributed by atoms with E-state index in [1.54, 1.807) is 12.1 Å². The van der Waals surface area contributed by atoms with E-state index in [9.17, 15) is 14.0 Å². The topological polar surface area (TPSA) is 52.6 Å². The molecule has 1 saturated carbocycles. The van der Waals surface area contributed by atoms with Crippen molar-refractivity contribution in [2.45, 2.75) is 32.1 Å². The first-order valence-electron chi connectivity index (χ1n) is 9.27. The summed E-state index contributed by atoms with van der Waals surface area (Å²) in [6, 6.07) is 8.90. The van der Waals surface area contributed by atoms with Gasteiger partial charge in [-0.2, -0.15) is 0 Å². The highest BCUT2D eigenvalue weighted by Gasteiger charge is 2.29. The lowest BCUT2D eigenvalue weighted by Gasteiger charge is -2.19. The molecule has 2 aromatic carbocycles. The summed E-state index contributed by atoms with van der Waals surface area (Å²) in [6.45, 7) is 0. The normalized spacial score (nSPS) is 18.1. The number of esters is 1. The fourth-order valence-electron chi connectivity index (χ4n) is 3.55. The first kappa shape index (κ1) is 18.7. The molecule has 0 bridgehead atoms. The molecule has 28 heavy (non-hydrogen) atoms. The van der Waals surface area contributed by atoms with Crippen LogP contribution in [0.3, 0.4) is 0 Å². The van der Waals surface area contributed by atoms with E-state index in [0.717, 1.165) is 32.1 Å². The van der Waals surface area contributed by atoms with Crippen molar-refractivity contribution in [3.8, 4) is 11.5 Å². The van der Waals surface area contributed by atoms with Crippen LogP contribution in [-0.4, -0.2) is 11.8 Å². The molecule has 1 aliphatic heterocycles. The van der Waals surface area contributed by atoms with Gasteiger partial charge < -0.3 is 9.47 Å². The molecule has 144 valence electrons. The van der Waals surface area contributed by atoms with Gasteiger partial charge in [0, 0.05) is 11.6 Å². The number of hydrogen-bond donors (Lipinski definition) is 0. The van der Waals surface area contributed by atoms with Gasteiger partial charge in [-0.3, -0.25) is 9.59 Å². The van der Waals surface area contributed by atoms with Crippen LogP contribution in [0.4, 0.5) is 4.39 Å². The Balaban J connectivity index is 1.54. The second-order valence-corrected chi connectivity index (χ2v) is 7.40. The lowest BCUT2D eigenvalue weighted by molar-refractivity contribution is -0.139. The van der Waals surface area contributed by atoms with E-state index >= 15 is 0 Å². The third kappa shape index (κ3) is 3.67. The first-order valence-corrected chi connectivity index (χ1v) is 9.65. The number of Topliss-reactive ketones (excluding diaryl/α,β-unsaturated/α-hetero) is 1. The molecule has 0 spiro atoms. The summed E-state index contributed by atoms with van der Waals surface area (Å²) in [5.41, 5.74) is 0.417. The van der Waals surface area contributed by atoms with Crippen molar-refractivity contribution in [2.24, 2.45) is 5.92 Å². The van der Waals surface area contributed by atoms with Crippen molar-refractivity contribution < 1.29 is 23.5 Å². The van der Waals surface area contributed by atoms with Gasteiger partial charge in [0.05, 0.1) is 16.5 Å². The van der Waals surface area contributed by atoms with Crippen LogP contribution in [0.5, 0.6) is 11.5 Å². The van der Waals surface area contributed by atoms with Crippen molar-refractivity contribution in [1.82, 2.24) is 0 Å². The Kier molecular flexibility index (Phi) is 5.18. The maximum absolute atomic E-state index is 14.0. The van der Waals surface area contributed by atoms with Gasteiger partial charge >= 0.3 is 5.97 Å². The van der Waals surface area contributed by atoms with Gasteiger partial charge in [-0.05, 0) is 43.2 Å². The highest BCUT2D eigenvalue weighted by atomic mass is 35.5. The van der Waals surface area contributed by atoms with Gasteiger partial charge in [0.25, 0.3) is 0 Å². The van der Waals surface area contributed by atoms with Crippen LogP contribution in [0.2, 0.25) is 5.02 Å². The summed E-state index contributed by atoms with van der Waals surface area (Å²) < 4.78 is 25.1. The van der Waals surface area contributed by atoms with Crippen LogP contribution in [0.1, 0.15) is 48.0 Å². The van der Waals surface area contributed by atoms with Crippen molar-refractivity contribution in [2.75, 3.05) is 0 Å². The molecular formula is C22H18ClFO4. The molecule has 6 heteroatoms. The number of rotatable bonds is 3. The Morgan fingerprint density at radius 2 is 1.96 bits per heavy atom. The van der Waals surface area contributed by atoms with Crippen molar-refractivity contribution in [3.05, 3.63) is 64.1 Å². The second-order valence-electron chi connectivity index (χ2n) is 6.99. The van der Waals surface area contributed by atoms with Crippen LogP contribution in [0.25, 0.3) is 6.08 Å². The van der Waals surface area contributed by atoms with E-state index in [1.165, 1.54) is 30.3 Å². The second kappa shape index (κ2) is 7.76. The maximum atomic E-state index is 14.0. The molecule has 4 nitrogen and oxygen atoms in total. The Hall–Kier alpha value is -2.66. The van der Waals surface area contributed by atoms with Gasteiger partial charge in [0.2, 0.25) is 5.78 Å². The van der Waals surface area contributed by atoms with E-state index in [-0.39, 0.29) is 39.8 Å². The number of carbonyl (C=O) groups excluding carboxylic acids is 2. The van der Waals surface area contributed by atoms with Gasteiger partial charge in [0.1, 0.15) is 17.3 Å². The van der Waals surface area contributed by atoms with E-state index in [2.05, 4.69) is 0 Å². The van der Waals surface area contributed by atoms with Crippen molar-refractivity contribution in [3.63, 3.8) is 0 Å². The minimum absolute atomic E-state index is 0.0299. The molecule has 0 aromatic heterocycles. The summed E-state index contributed by atoms with van der Waals surface area (Å²) in [4.78, 5) is 24.9. The third-order valence-corrected chi connectivity index (χ3v) is 5.40. The zero-order valence-electron chi connectivity index (χ0n) is 15.0. The predicted molar refractivity (Wildman–Crippen MR) is 103 cm³/mol. The number of allylic oxidation sites excluding steroid dienone is 1. The van der Waals surface area contributed by atoms with Crippen LogP contribution < -0.4 is 9.47 Å². The third-order valence-electron chi connectivity index (χ3n) is 5.07. The zero-order chi connectivity index (χ0) is 19.7. The Bertz CT molecular complexity index is 956. The summed E-state index contributed by atoms with van der Waals surface area (Å²) >= 11 is 6.01. The number of benzene rings is 2. The molecule has 2 aromatic rings. The number of ketones is 1. The van der Waals surface area contributed by atoms with E-state index in [4.69, 9.17) is 21.1 Å². The van der Waals surface area contributed by atoms with E-state index < -0.39 is 5.82 Å². The Morgan fingerprint density at radius 1 is 1.18 bits per heavy atom. The molecule has 0 saturated heterocycles. The van der Waals surface area contributed by atoms with Crippen LogP contribution in [-0.2, 0) is 4.79 Å². The molecule has 0 N–H and O–H groups in total. The fraction of sp³-hybridized carbons (Fsp3) is 0.273. The number of hydrogen-bond acceptors (Lipinski definition) is 4. The first-order chi connectivity index (χ1) is 13.5. The molecule has 2 aliphatic rings.